The third-order valence-electron chi connectivity index (χ3n) is 3.89. The van der Waals surface area contributed by atoms with Crippen molar-refractivity contribution < 1.29 is 4.79 Å². The van der Waals surface area contributed by atoms with E-state index >= 15 is 0 Å². The highest BCUT2D eigenvalue weighted by Crippen LogP contribution is 2.19. The minimum Gasteiger partial charge on any atom is -0.344 e. The lowest BCUT2D eigenvalue weighted by atomic mass is 10.0. The topological polar surface area (TPSA) is 46.3 Å². The third kappa shape index (κ3) is 4.46. The molecular formula is C18H25ClN2O. The molecule has 4 heteroatoms. The molecule has 0 heterocycles. The molecule has 0 bridgehead atoms. The fraction of sp³-hybridized carbons (Fsp3) is 0.389. The number of fused-ring (bicyclic) bond motifs is 1. The molecule has 2 N–H and O–H groups in total. The smallest absolute Gasteiger partial charge is 0.239 e. The average molecular weight is 321 g/mol. The number of amides is 1. The maximum atomic E-state index is 12.1. The number of nitrogens with zero attached hydrogens (tertiary/aromatic N) is 1. The lowest BCUT2D eigenvalue weighted by Crippen LogP contribution is -2.42. The van der Waals surface area contributed by atoms with Gasteiger partial charge in [0.25, 0.3) is 0 Å². The number of likely N-dealkylation sites (N-methyl/N-ethyl adjacent to an activating group) is 1. The summed E-state index contributed by atoms with van der Waals surface area (Å²) < 4.78 is 0. The highest BCUT2D eigenvalue weighted by molar-refractivity contribution is 5.86. The molecule has 0 spiro atoms. The first kappa shape index (κ1) is 18.5. The zero-order valence-electron chi connectivity index (χ0n) is 13.3. The molecule has 0 aliphatic carbocycles. The van der Waals surface area contributed by atoms with E-state index in [0.29, 0.717) is 6.54 Å². The van der Waals surface area contributed by atoms with Crippen LogP contribution in [0.1, 0.15) is 25.3 Å². The Morgan fingerprint density at radius 3 is 2.59 bits per heavy atom. The summed E-state index contributed by atoms with van der Waals surface area (Å²) in [5.41, 5.74) is 7.17. The summed E-state index contributed by atoms with van der Waals surface area (Å²) in [6, 6.07) is 14.3. The van der Waals surface area contributed by atoms with Crippen molar-refractivity contribution in [2.45, 2.75) is 32.2 Å². The van der Waals surface area contributed by atoms with Gasteiger partial charge in [0, 0.05) is 13.6 Å². The Morgan fingerprint density at radius 2 is 1.86 bits per heavy atom. The number of hydrogen-bond donors (Lipinski definition) is 1. The number of carbonyl (C=O) groups is 1. The second-order valence-corrected chi connectivity index (χ2v) is 5.54. The molecule has 2 aromatic rings. The summed E-state index contributed by atoms with van der Waals surface area (Å²) in [5, 5.41) is 2.50. The second kappa shape index (κ2) is 8.76. The molecule has 1 unspecified atom stereocenters. The summed E-state index contributed by atoms with van der Waals surface area (Å²) in [6.07, 6.45) is 2.53. The molecule has 0 aromatic heterocycles. The van der Waals surface area contributed by atoms with Crippen LogP contribution in [0.3, 0.4) is 0 Å². The Kier molecular flexibility index (Phi) is 7.36. The summed E-state index contributed by atoms with van der Waals surface area (Å²) in [4.78, 5) is 13.9. The summed E-state index contributed by atoms with van der Waals surface area (Å²) >= 11 is 0. The van der Waals surface area contributed by atoms with Crippen LogP contribution in [0.25, 0.3) is 10.8 Å². The molecule has 3 nitrogen and oxygen atoms in total. The fourth-order valence-corrected chi connectivity index (χ4v) is 2.63. The van der Waals surface area contributed by atoms with Crippen LogP contribution in [-0.4, -0.2) is 30.4 Å². The van der Waals surface area contributed by atoms with E-state index in [4.69, 9.17) is 5.73 Å². The van der Waals surface area contributed by atoms with Crippen molar-refractivity contribution in [1.29, 1.82) is 0 Å². The van der Waals surface area contributed by atoms with Gasteiger partial charge in [0.2, 0.25) is 5.91 Å². The molecule has 2 aromatic carbocycles. The van der Waals surface area contributed by atoms with E-state index in [9.17, 15) is 4.79 Å². The predicted molar refractivity (Wildman–Crippen MR) is 95.4 cm³/mol. The third-order valence-corrected chi connectivity index (χ3v) is 3.89. The van der Waals surface area contributed by atoms with Crippen molar-refractivity contribution in [3.05, 3.63) is 48.0 Å². The first-order valence-electron chi connectivity index (χ1n) is 7.60. The van der Waals surface area contributed by atoms with Crippen LogP contribution in [0.5, 0.6) is 0 Å². The van der Waals surface area contributed by atoms with E-state index in [0.717, 1.165) is 19.3 Å². The minimum absolute atomic E-state index is 0. The van der Waals surface area contributed by atoms with Gasteiger partial charge in [-0.2, -0.15) is 0 Å². The first-order chi connectivity index (χ1) is 10.1. The standard InChI is InChI=1S/C18H24N2O.ClH/c1-3-7-17(19)18(21)20(2)13-12-15-10-6-9-14-8-4-5-11-16(14)15;/h4-6,8-11,17H,3,7,12-13,19H2,1-2H3;1H. The number of rotatable bonds is 6. The maximum Gasteiger partial charge on any atom is 0.239 e. The van der Waals surface area contributed by atoms with E-state index in [2.05, 4.69) is 36.4 Å². The van der Waals surface area contributed by atoms with Crippen molar-refractivity contribution in [3.8, 4) is 0 Å². The van der Waals surface area contributed by atoms with Gasteiger partial charge in [-0.3, -0.25) is 4.79 Å². The quantitative estimate of drug-likeness (QED) is 0.886. The Labute approximate surface area is 138 Å². The number of carbonyl (C=O) groups excluding carboxylic acids is 1. The predicted octanol–water partition coefficient (Wildman–Crippen LogP) is 3.39. The minimum atomic E-state index is -0.368. The van der Waals surface area contributed by atoms with Crippen molar-refractivity contribution in [2.75, 3.05) is 13.6 Å². The number of nitrogens with two attached hydrogens (primary N) is 1. The lowest BCUT2D eigenvalue weighted by Gasteiger charge is -2.21. The van der Waals surface area contributed by atoms with Crippen LogP contribution in [0.15, 0.2) is 42.5 Å². The molecule has 0 fully saturated rings. The Morgan fingerprint density at radius 1 is 1.18 bits per heavy atom. The number of benzene rings is 2. The van der Waals surface area contributed by atoms with Crippen LogP contribution >= 0.6 is 12.4 Å². The van der Waals surface area contributed by atoms with E-state index in [-0.39, 0.29) is 24.4 Å². The van der Waals surface area contributed by atoms with E-state index in [1.54, 1.807) is 4.90 Å². The molecule has 2 rings (SSSR count). The summed E-state index contributed by atoms with van der Waals surface area (Å²) in [6.45, 7) is 2.74. The van der Waals surface area contributed by atoms with Crippen LogP contribution < -0.4 is 5.73 Å². The summed E-state index contributed by atoms with van der Waals surface area (Å²) in [5.74, 6) is 0.0390. The van der Waals surface area contributed by atoms with Gasteiger partial charge >= 0.3 is 0 Å². The van der Waals surface area contributed by atoms with Gasteiger partial charge in [0.1, 0.15) is 0 Å². The Hall–Kier alpha value is -1.58. The normalized spacial score (nSPS) is 11.8. The molecule has 0 aliphatic heterocycles. The Balaban J connectivity index is 0.00000242. The van der Waals surface area contributed by atoms with Crippen LogP contribution in [-0.2, 0) is 11.2 Å². The molecule has 0 saturated heterocycles. The highest BCUT2D eigenvalue weighted by Gasteiger charge is 2.16. The molecule has 1 atom stereocenters. The number of halogens is 1. The van der Waals surface area contributed by atoms with Gasteiger partial charge in [0.05, 0.1) is 6.04 Å². The molecule has 120 valence electrons. The highest BCUT2D eigenvalue weighted by atomic mass is 35.5. The second-order valence-electron chi connectivity index (χ2n) is 5.54. The molecule has 22 heavy (non-hydrogen) atoms. The van der Waals surface area contributed by atoms with Gasteiger partial charge in [-0.25, -0.2) is 0 Å². The molecule has 0 saturated carbocycles. The average Bonchev–Trinajstić information content (AvgIpc) is 2.52. The molecule has 0 aliphatic rings. The van der Waals surface area contributed by atoms with Crippen molar-refractivity contribution in [2.24, 2.45) is 5.73 Å². The largest absolute Gasteiger partial charge is 0.344 e. The van der Waals surface area contributed by atoms with Crippen molar-refractivity contribution >= 4 is 29.1 Å². The van der Waals surface area contributed by atoms with Gasteiger partial charge in [0.15, 0.2) is 0 Å². The van der Waals surface area contributed by atoms with Crippen LogP contribution in [0.4, 0.5) is 0 Å². The number of hydrogen-bond acceptors (Lipinski definition) is 2. The van der Waals surface area contributed by atoms with E-state index in [1.807, 2.05) is 20.0 Å². The van der Waals surface area contributed by atoms with E-state index < -0.39 is 0 Å². The summed E-state index contributed by atoms with van der Waals surface area (Å²) in [7, 11) is 1.84. The zero-order valence-corrected chi connectivity index (χ0v) is 14.1. The van der Waals surface area contributed by atoms with Gasteiger partial charge in [-0.15, -0.1) is 12.4 Å². The van der Waals surface area contributed by atoms with Gasteiger partial charge in [-0.05, 0) is 29.2 Å². The molecular weight excluding hydrogens is 296 g/mol. The van der Waals surface area contributed by atoms with Crippen molar-refractivity contribution in [1.82, 2.24) is 4.90 Å². The fourth-order valence-electron chi connectivity index (χ4n) is 2.63. The van der Waals surface area contributed by atoms with Crippen LogP contribution in [0, 0.1) is 0 Å². The van der Waals surface area contributed by atoms with Crippen molar-refractivity contribution in [3.63, 3.8) is 0 Å². The van der Waals surface area contributed by atoms with Gasteiger partial charge in [-0.1, -0.05) is 55.8 Å². The SMILES string of the molecule is CCCC(N)C(=O)N(C)CCc1cccc2ccccc12.Cl. The monoisotopic (exact) mass is 320 g/mol. The molecule has 0 radical (unpaired) electrons. The zero-order chi connectivity index (χ0) is 15.2. The Bertz CT molecular complexity index is 610. The maximum absolute atomic E-state index is 12.1. The van der Waals surface area contributed by atoms with Gasteiger partial charge < -0.3 is 10.6 Å². The van der Waals surface area contributed by atoms with E-state index in [1.165, 1.54) is 16.3 Å². The lowest BCUT2D eigenvalue weighted by molar-refractivity contribution is -0.131. The molecule has 1 amide bonds. The van der Waals surface area contributed by atoms with Crippen LogP contribution in [0.2, 0.25) is 0 Å². The first-order valence-corrected chi connectivity index (χ1v) is 7.60.